The fourth-order valence-electron chi connectivity index (χ4n) is 0.803. The van der Waals surface area contributed by atoms with Crippen molar-refractivity contribution >= 4 is 22.6 Å². The quantitative estimate of drug-likeness (QED) is 0.283. The Morgan fingerprint density at radius 1 is 1.07 bits per heavy atom. The molecule has 0 atom stereocenters. The molecule has 14 heavy (non-hydrogen) atoms. The normalized spacial score (nSPS) is 10.0. The standard InChI is InChI=1S/C10H18INO2/c1-2-3-7-13-9-5-12-6-10-14-8-4-11/h1,12H,3-10H2. The van der Waals surface area contributed by atoms with Gasteiger partial charge in [0.25, 0.3) is 0 Å². The third kappa shape index (κ3) is 12.2. The minimum atomic E-state index is 0.656. The SMILES string of the molecule is C#CCCOCCNCCOCCI. The van der Waals surface area contributed by atoms with Gasteiger partial charge in [-0.3, -0.25) is 0 Å². The van der Waals surface area contributed by atoms with E-state index in [0.717, 1.165) is 30.7 Å². The van der Waals surface area contributed by atoms with Crippen molar-refractivity contribution < 1.29 is 9.47 Å². The highest BCUT2D eigenvalue weighted by Crippen LogP contribution is 1.82. The Bertz CT molecular complexity index is 148. The van der Waals surface area contributed by atoms with Crippen LogP contribution in [0.2, 0.25) is 0 Å². The lowest BCUT2D eigenvalue weighted by molar-refractivity contribution is 0.131. The molecule has 0 heterocycles. The van der Waals surface area contributed by atoms with Gasteiger partial charge in [0.2, 0.25) is 0 Å². The number of hydrogen-bond acceptors (Lipinski definition) is 3. The number of rotatable bonds is 10. The van der Waals surface area contributed by atoms with Gasteiger partial charge < -0.3 is 14.8 Å². The van der Waals surface area contributed by atoms with E-state index in [9.17, 15) is 0 Å². The molecule has 0 aromatic heterocycles. The summed E-state index contributed by atoms with van der Waals surface area (Å²) in [5.74, 6) is 2.53. The second kappa shape index (κ2) is 13.2. The Kier molecular flexibility index (Phi) is 13.3. The molecule has 0 saturated heterocycles. The van der Waals surface area contributed by atoms with Crippen LogP contribution >= 0.6 is 22.6 Å². The van der Waals surface area contributed by atoms with E-state index in [1.165, 1.54) is 0 Å². The molecule has 0 aliphatic rings. The monoisotopic (exact) mass is 311 g/mol. The Morgan fingerprint density at radius 3 is 2.29 bits per heavy atom. The predicted octanol–water partition coefficient (Wildman–Crippen LogP) is 1.07. The number of alkyl halides is 1. The van der Waals surface area contributed by atoms with Gasteiger partial charge in [-0.05, 0) is 0 Å². The molecule has 0 unspecified atom stereocenters. The van der Waals surface area contributed by atoms with Crippen LogP contribution in [-0.2, 0) is 9.47 Å². The number of nitrogens with one attached hydrogen (secondary N) is 1. The molecule has 0 rings (SSSR count). The van der Waals surface area contributed by atoms with Gasteiger partial charge in [-0.25, -0.2) is 0 Å². The molecule has 4 heteroatoms. The summed E-state index contributed by atoms with van der Waals surface area (Å²) in [7, 11) is 0. The molecular formula is C10H18INO2. The van der Waals surface area contributed by atoms with Gasteiger partial charge in [-0.1, -0.05) is 22.6 Å². The largest absolute Gasteiger partial charge is 0.379 e. The van der Waals surface area contributed by atoms with E-state index in [1.807, 2.05) is 0 Å². The maximum Gasteiger partial charge on any atom is 0.0591 e. The first-order valence-corrected chi connectivity index (χ1v) is 6.30. The average Bonchev–Trinajstić information content (AvgIpc) is 2.21. The third-order valence-corrected chi connectivity index (χ3v) is 1.90. The van der Waals surface area contributed by atoms with E-state index in [-0.39, 0.29) is 0 Å². The van der Waals surface area contributed by atoms with Crippen LogP contribution in [0.5, 0.6) is 0 Å². The van der Waals surface area contributed by atoms with E-state index in [0.29, 0.717) is 19.6 Å². The highest BCUT2D eigenvalue weighted by atomic mass is 127. The van der Waals surface area contributed by atoms with Crippen LogP contribution in [-0.4, -0.2) is 43.9 Å². The summed E-state index contributed by atoms with van der Waals surface area (Å²) in [4.78, 5) is 0. The third-order valence-electron chi connectivity index (χ3n) is 1.46. The zero-order valence-electron chi connectivity index (χ0n) is 8.43. The molecule has 1 N–H and O–H groups in total. The minimum absolute atomic E-state index is 0.656. The summed E-state index contributed by atoms with van der Waals surface area (Å²) in [6.07, 6.45) is 5.77. The number of terminal acetylenes is 1. The number of hydrogen-bond donors (Lipinski definition) is 1. The molecule has 0 aromatic rings. The molecule has 0 saturated carbocycles. The van der Waals surface area contributed by atoms with Gasteiger partial charge in [0.15, 0.2) is 0 Å². The molecule has 0 spiro atoms. The van der Waals surface area contributed by atoms with E-state index >= 15 is 0 Å². The van der Waals surface area contributed by atoms with Gasteiger partial charge in [0, 0.05) is 23.9 Å². The summed E-state index contributed by atoms with van der Waals surface area (Å²) in [5, 5.41) is 3.22. The fourth-order valence-corrected chi connectivity index (χ4v) is 1.11. The lowest BCUT2D eigenvalue weighted by Crippen LogP contribution is -2.24. The van der Waals surface area contributed by atoms with Crippen molar-refractivity contribution in [3.8, 4) is 12.3 Å². The van der Waals surface area contributed by atoms with Gasteiger partial charge in [-0.15, -0.1) is 12.3 Å². The van der Waals surface area contributed by atoms with Crippen LogP contribution in [0.3, 0.4) is 0 Å². The zero-order chi connectivity index (χ0) is 10.5. The fraction of sp³-hybridized carbons (Fsp3) is 0.800. The van der Waals surface area contributed by atoms with E-state index in [1.54, 1.807) is 0 Å². The molecule has 3 nitrogen and oxygen atoms in total. The van der Waals surface area contributed by atoms with Crippen LogP contribution in [0.15, 0.2) is 0 Å². The Hall–Kier alpha value is 0.170. The van der Waals surface area contributed by atoms with E-state index in [2.05, 4.69) is 33.8 Å². The molecule has 0 aliphatic carbocycles. The molecule has 0 aromatic carbocycles. The van der Waals surface area contributed by atoms with Crippen LogP contribution in [0, 0.1) is 12.3 Å². The van der Waals surface area contributed by atoms with Crippen LogP contribution in [0.4, 0.5) is 0 Å². The van der Waals surface area contributed by atoms with Gasteiger partial charge >= 0.3 is 0 Å². The van der Waals surface area contributed by atoms with Crippen molar-refractivity contribution in [3.05, 3.63) is 0 Å². The van der Waals surface area contributed by atoms with Crippen molar-refractivity contribution in [2.24, 2.45) is 0 Å². The maximum absolute atomic E-state index is 5.29. The van der Waals surface area contributed by atoms with E-state index in [4.69, 9.17) is 15.9 Å². The van der Waals surface area contributed by atoms with Crippen LogP contribution < -0.4 is 5.32 Å². The summed E-state index contributed by atoms with van der Waals surface area (Å²) >= 11 is 2.29. The molecule has 0 aliphatic heterocycles. The van der Waals surface area contributed by atoms with Crippen molar-refractivity contribution in [2.75, 3.05) is 43.9 Å². The Morgan fingerprint density at radius 2 is 1.71 bits per heavy atom. The lowest BCUT2D eigenvalue weighted by Gasteiger charge is -2.05. The predicted molar refractivity (Wildman–Crippen MR) is 66.8 cm³/mol. The van der Waals surface area contributed by atoms with Gasteiger partial charge in [-0.2, -0.15) is 0 Å². The van der Waals surface area contributed by atoms with Crippen molar-refractivity contribution in [1.29, 1.82) is 0 Å². The first-order chi connectivity index (χ1) is 6.91. The van der Waals surface area contributed by atoms with E-state index < -0.39 is 0 Å². The minimum Gasteiger partial charge on any atom is -0.379 e. The molecule has 0 radical (unpaired) electrons. The Balaban J connectivity index is 2.82. The first kappa shape index (κ1) is 14.2. The highest BCUT2D eigenvalue weighted by molar-refractivity contribution is 14.1. The number of halogens is 1. The Labute approximate surface area is 100 Å². The van der Waals surface area contributed by atoms with Gasteiger partial charge in [0.05, 0.1) is 26.4 Å². The first-order valence-electron chi connectivity index (χ1n) is 4.77. The van der Waals surface area contributed by atoms with Crippen molar-refractivity contribution in [3.63, 3.8) is 0 Å². The highest BCUT2D eigenvalue weighted by Gasteiger charge is 1.89. The second-order valence-corrected chi connectivity index (χ2v) is 3.70. The maximum atomic E-state index is 5.29. The smallest absolute Gasteiger partial charge is 0.0591 e. The molecule has 82 valence electrons. The van der Waals surface area contributed by atoms with Gasteiger partial charge in [0.1, 0.15) is 0 Å². The lowest BCUT2D eigenvalue weighted by atomic mass is 10.5. The van der Waals surface area contributed by atoms with Crippen LogP contribution in [0.25, 0.3) is 0 Å². The van der Waals surface area contributed by atoms with Crippen molar-refractivity contribution in [2.45, 2.75) is 6.42 Å². The summed E-state index contributed by atoms with van der Waals surface area (Å²) in [6, 6.07) is 0. The van der Waals surface area contributed by atoms with Crippen LogP contribution in [0.1, 0.15) is 6.42 Å². The summed E-state index contributed by atoms with van der Waals surface area (Å²) < 4.78 is 11.6. The van der Waals surface area contributed by atoms with Crippen molar-refractivity contribution in [1.82, 2.24) is 5.32 Å². The summed E-state index contributed by atoms with van der Waals surface area (Å²) in [5.41, 5.74) is 0. The molecule has 0 amide bonds. The second-order valence-electron chi connectivity index (χ2n) is 2.62. The number of ether oxygens (including phenoxy) is 2. The zero-order valence-corrected chi connectivity index (χ0v) is 10.6. The molecular weight excluding hydrogens is 293 g/mol. The molecule has 0 fully saturated rings. The topological polar surface area (TPSA) is 30.5 Å². The molecule has 0 bridgehead atoms. The average molecular weight is 311 g/mol. The summed E-state index contributed by atoms with van der Waals surface area (Å²) in [6.45, 7) is 4.72.